The summed E-state index contributed by atoms with van der Waals surface area (Å²) in [5.74, 6) is 1.03. The summed E-state index contributed by atoms with van der Waals surface area (Å²) in [7, 11) is 1.63. The maximum absolute atomic E-state index is 10.5. The Kier molecular flexibility index (Phi) is 3.50. The van der Waals surface area contributed by atoms with Gasteiger partial charge in [-0.1, -0.05) is 48.5 Å². The van der Waals surface area contributed by atoms with Crippen LogP contribution in [0.3, 0.4) is 0 Å². The van der Waals surface area contributed by atoms with Gasteiger partial charge in [0, 0.05) is 10.9 Å². The van der Waals surface area contributed by atoms with Gasteiger partial charge in [-0.3, -0.25) is 0 Å². The molecule has 3 nitrogen and oxygen atoms in total. The molecule has 0 aromatic heterocycles. The first-order chi connectivity index (χ1) is 10.2. The fraction of sp³-hybridized carbons (Fsp3) is 0.111. The largest absolute Gasteiger partial charge is 0.507 e. The highest BCUT2D eigenvalue weighted by atomic mass is 16.5. The van der Waals surface area contributed by atoms with Crippen LogP contribution in [0.1, 0.15) is 17.2 Å². The molecule has 0 saturated carbocycles. The minimum Gasteiger partial charge on any atom is -0.507 e. The van der Waals surface area contributed by atoms with Crippen LogP contribution in [0.15, 0.2) is 60.7 Å². The van der Waals surface area contributed by atoms with E-state index in [1.165, 1.54) is 0 Å². The number of benzene rings is 3. The normalized spacial score (nSPS) is 12.3. The molecule has 3 aromatic rings. The van der Waals surface area contributed by atoms with Crippen molar-refractivity contribution in [3.63, 3.8) is 0 Å². The first-order valence-corrected chi connectivity index (χ1v) is 6.81. The molecule has 0 bridgehead atoms. The van der Waals surface area contributed by atoms with Crippen molar-refractivity contribution in [1.82, 2.24) is 0 Å². The van der Waals surface area contributed by atoms with E-state index < -0.39 is 0 Å². The molecule has 0 fully saturated rings. The van der Waals surface area contributed by atoms with Gasteiger partial charge in [0.1, 0.15) is 11.5 Å². The van der Waals surface area contributed by atoms with Gasteiger partial charge >= 0.3 is 0 Å². The molecule has 21 heavy (non-hydrogen) atoms. The second-order valence-electron chi connectivity index (χ2n) is 4.98. The fourth-order valence-electron chi connectivity index (χ4n) is 2.51. The van der Waals surface area contributed by atoms with Gasteiger partial charge in [0.25, 0.3) is 0 Å². The molecule has 0 heterocycles. The Hall–Kier alpha value is -2.52. The van der Waals surface area contributed by atoms with Crippen LogP contribution in [0.4, 0.5) is 0 Å². The number of aromatic hydroxyl groups is 1. The lowest BCUT2D eigenvalue weighted by Gasteiger charge is -2.16. The highest BCUT2D eigenvalue weighted by molar-refractivity contribution is 5.89. The van der Waals surface area contributed by atoms with Crippen molar-refractivity contribution < 1.29 is 9.84 Å². The minimum atomic E-state index is -0.375. The van der Waals surface area contributed by atoms with Gasteiger partial charge in [0.2, 0.25) is 0 Å². The Morgan fingerprint density at radius 1 is 0.952 bits per heavy atom. The lowest BCUT2D eigenvalue weighted by Crippen LogP contribution is -2.12. The predicted octanol–water partition coefficient (Wildman–Crippen LogP) is 3.60. The Morgan fingerprint density at radius 3 is 2.38 bits per heavy atom. The Balaban J connectivity index is 2.04. The maximum Gasteiger partial charge on any atom is 0.128 e. The number of hydrogen-bond acceptors (Lipinski definition) is 3. The van der Waals surface area contributed by atoms with Crippen LogP contribution < -0.4 is 10.5 Å². The Bertz CT molecular complexity index is 766. The SMILES string of the molecule is COc1ccc([C@H](N)c2ccc3ccccc3c2O)cc1. The van der Waals surface area contributed by atoms with Crippen LogP contribution >= 0.6 is 0 Å². The lowest BCUT2D eigenvalue weighted by molar-refractivity contribution is 0.414. The quantitative estimate of drug-likeness (QED) is 0.770. The molecule has 0 aliphatic carbocycles. The van der Waals surface area contributed by atoms with Gasteiger partial charge in [-0.15, -0.1) is 0 Å². The van der Waals surface area contributed by atoms with Gasteiger partial charge < -0.3 is 15.6 Å². The second-order valence-corrected chi connectivity index (χ2v) is 4.98. The summed E-state index contributed by atoms with van der Waals surface area (Å²) in [5, 5.41) is 12.3. The van der Waals surface area contributed by atoms with Crippen LogP contribution in [0.25, 0.3) is 10.8 Å². The summed E-state index contributed by atoms with van der Waals surface area (Å²) in [6.45, 7) is 0. The number of methoxy groups -OCH3 is 1. The number of ether oxygens (including phenoxy) is 1. The first-order valence-electron chi connectivity index (χ1n) is 6.81. The van der Waals surface area contributed by atoms with E-state index in [1.54, 1.807) is 7.11 Å². The van der Waals surface area contributed by atoms with Crippen molar-refractivity contribution in [2.24, 2.45) is 5.73 Å². The van der Waals surface area contributed by atoms with E-state index in [2.05, 4.69) is 0 Å². The number of hydrogen-bond donors (Lipinski definition) is 2. The fourth-order valence-corrected chi connectivity index (χ4v) is 2.51. The van der Waals surface area contributed by atoms with Crippen LogP contribution in [0.5, 0.6) is 11.5 Å². The molecule has 3 rings (SSSR count). The number of phenols is 1. The average molecular weight is 279 g/mol. The predicted molar refractivity (Wildman–Crippen MR) is 84.6 cm³/mol. The summed E-state index contributed by atoms with van der Waals surface area (Å²) in [6, 6.07) is 18.8. The Labute approximate surface area is 123 Å². The zero-order valence-corrected chi connectivity index (χ0v) is 11.8. The zero-order chi connectivity index (χ0) is 14.8. The highest BCUT2D eigenvalue weighted by Crippen LogP contribution is 2.34. The van der Waals surface area contributed by atoms with Gasteiger partial charge in [-0.25, -0.2) is 0 Å². The smallest absolute Gasteiger partial charge is 0.128 e. The van der Waals surface area contributed by atoms with Crippen molar-refractivity contribution in [3.8, 4) is 11.5 Å². The summed E-state index contributed by atoms with van der Waals surface area (Å²) in [4.78, 5) is 0. The van der Waals surface area contributed by atoms with Crippen LogP contribution in [-0.2, 0) is 0 Å². The molecule has 3 heteroatoms. The molecule has 0 saturated heterocycles. The zero-order valence-electron chi connectivity index (χ0n) is 11.8. The molecular formula is C18H17NO2. The highest BCUT2D eigenvalue weighted by Gasteiger charge is 2.15. The van der Waals surface area contributed by atoms with Gasteiger partial charge in [0.15, 0.2) is 0 Å². The molecule has 0 aliphatic rings. The third kappa shape index (κ3) is 2.43. The van der Waals surface area contributed by atoms with E-state index in [0.717, 1.165) is 27.6 Å². The van der Waals surface area contributed by atoms with Crippen LogP contribution in [0, 0.1) is 0 Å². The van der Waals surface area contributed by atoms with Gasteiger partial charge in [-0.05, 0) is 23.1 Å². The van der Waals surface area contributed by atoms with Gasteiger partial charge in [0.05, 0.1) is 13.2 Å². The Morgan fingerprint density at radius 2 is 1.67 bits per heavy atom. The van der Waals surface area contributed by atoms with E-state index >= 15 is 0 Å². The van der Waals surface area contributed by atoms with Crippen molar-refractivity contribution in [1.29, 1.82) is 0 Å². The summed E-state index contributed by atoms with van der Waals surface area (Å²) in [6.07, 6.45) is 0. The third-order valence-electron chi connectivity index (χ3n) is 3.74. The van der Waals surface area contributed by atoms with E-state index in [4.69, 9.17) is 10.5 Å². The molecule has 0 aliphatic heterocycles. The number of phenolic OH excluding ortho intramolecular Hbond substituents is 1. The van der Waals surface area contributed by atoms with E-state index in [-0.39, 0.29) is 11.8 Å². The molecule has 3 aromatic carbocycles. The van der Waals surface area contributed by atoms with E-state index in [9.17, 15) is 5.11 Å². The summed E-state index contributed by atoms with van der Waals surface area (Å²) < 4.78 is 5.15. The molecule has 3 N–H and O–H groups in total. The minimum absolute atomic E-state index is 0.247. The number of fused-ring (bicyclic) bond motifs is 1. The second kappa shape index (κ2) is 5.46. The first kappa shape index (κ1) is 13.5. The lowest BCUT2D eigenvalue weighted by atomic mass is 9.95. The maximum atomic E-state index is 10.5. The van der Waals surface area contributed by atoms with Crippen molar-refractivity contribution in [3.05, 3.63) is 71.8 Å². The van der Waals surface area contributed by atoms with E-state index in [1.807, 2.05) is 60.7 Å². The molecule has 106 valence electrons. The third-order valence-corrected chi connectivity index (χ3v) is 3.74. The van der Waals surface area contributed by atoms with Crippen LogP contribution in [0.2, 0.25) is 0 Å². The molecular weight excluding hydrogens is 262 g/mol. The average Bonchev–Trinajstić information content (AvgIpc) is 2.55. The van der Waals surface area contributed by atoms with Crippen LogP contribution in [-0.4, -0.2) is 12.2 Å². The van der Waals surface area contributed by atoms with Gasteiger partial charge in [-0.2, -0.15) is 0 Å². The monoisotopic (exact) mass is 279 g/mol. The number of rotatable bonds is 3. The molecule has 0 radical (unpaired) electrons. The van der Waals surface area contributed by atoms with Crippen molar-refractivity contribution in [2.45, 2.75) is 6.04 Å². The number of nitrogens with two attached hydrogens (primary N) is 1. The standard InChI is InChI=1S/C18H17NO2/c1-21-14-9-6-13(7-10-14)17(19)16-11-8-12-4-2-3-5-15(12)18(16)20/h2-11,17,20H,19H2,1H3/t17-/m0/s1. The van der Waals surface area contributed by atoms with Crippen molar-refractivity contribution >= 4 is 10.8 Å². The topological polar surface area (TPSA) is 55.5 Å². The summed E-state index contributed by atoms with van der Waals surface area (Å²) >= 11 is 0. The summed E-state index contributed by atoms with van der Waals surface area (Å²) in [5.41, 5.74) is 7.95. The van der Waals surface area contributed by atoms with E-state index in [0.29, 0.717) is 0 Å². The molecule has 0 spiro atoms. The molecule has 1 atom stereocenters. The molecule has 0 unspecified atom stereocenters. The van der Waals surface area contributed by atoms with Crippen molar-refractivity contribution in [2.75, 3.05) is 7.11 Å². The molecule has 0 amide bonds.